The number of halogens is 1. The smallest absolute Gasteiger partial charge is 0.260 e. The highest BCUT2D eigenvalue weighted by Crippen LogP contribution is 2.43. The van der Waals surface area contributed by atoms with Gasteiger partial charge < -0.3 is 15.2 Å². The van der Waals surface area contributed by atoms with Crippen LogP contribution in [0.15, 0.2) is 52.6 Å². The second-order valence-electron chi connectivity index (χ2n) is 6.06. The number of fused-ring (bicyclic) bond motifs is 1. The molecule has 2 aromatic heterocycles. The molecule has 4 nitrogen and oxygen atoms in total. The first-order valence-electron chi connectivity index (χ1n) is 7.88. The van der Waals surface area contributed by atoms with Crippen molar-refractivity contribution in [3.63, 3.8) is 0 Å². The highest BCUT2D eigenvalue weighted by atomic mass is 32.1. The van der Waals surface area contributed by atoms with Crippen LogP contribution in [0.2, 0.25) is 0 Å². The van der Waals surface area contributed by atoms with Gasteiger partial charge in [0, 0.05) is 22.6 Å². The Morgan fingerprint density at radius 3 is 2.46 bits per heavy atom. The van der Waals surface area contributed by atoms with Gasteiger partial charge in [0.05, 0.1) is 10.9 Å². The Kier molecular flexibility index (Phi) is 3.77. The van der Waals surface area contributed by atoms with E-state index in [1.807, 2.05) is 19.1 Å². The van der Waals surface area contributed by atoms with Gasteiger partial charge in [0.1, 0.15) is 22.1 Å². The number of H-pyrrole nitrogens is 1. The molecule has 4 rings (SSSR count). The number of hydrogen-bond acceptors (Lipinski definition) is 4. The third kappa shape index (κ3) is 2.55. The molecule has 2 aromatic carbocycles. The van der Waals surface area contributed by atoms with Crippen molar-refractivity contribution in [2.75, 3.05) is 0 Å². The minimum atomic E-state index is -0.552. The number of rotatable bonds is 2. The predicted octanol–water partition coefficient (Wildman–Crippen LogP) is 4.78. The number of nitrogens with one attached hydrogen (secondary N) is 1. The van der Waals surface area contributed by atoms with Gasteiger partial charge >= 0.3 is 0 Å². The lowest BCUT2D eigenvalue weighted by molar-refractivity contribution is 0.471. The standard InChI is InChI=1S/C20H14FNO3S/c1-10-2-4-11(5-3-10)16-18(24)17-14(9-26-20(17)22-19(16)25)13-7-6-12(21)8-15(13)23/h2-9,23H,1H3,(H2,22,24,25). The number of phenolic OH excluding ortho intramolecular Hbond substituents is 1. The Morgan fingerprint density at radius 2 is 1.77 bits per heavy atom. The molecule has 6 heteroatoms. The molecule has 4 aromatic rings. The molecular weight excluding hydrogens is 353 g/mol. The summed E-state index contributed by atoms with van der Waals surface area (Å²) in [6.45, 7) is 1.94. The SMILES string of the molecule is Cc1ccc(-c2c(O)c3c(-c4ccc(F)cc4O)csc3[nH]c2=O)cc1. The van der Waals surface area contributed by atoms with Crippen LogP contribution in [0.5, 0.6) is 11.5 Å². The zero-order valence-electron chi connectivity index (χ0n) is 13.7. The number of hydrogen-bond donors (Lipinski definition) is 3. The largest absolute Gasteiger partial charge is 0.507 e. The Morgan fingerprint density at radius 1 is 1.04 bits per heavy atom. The summed E-state index contributed by atoms with van der Waals surface area (Å²) in [6, 6.07) is 11.0. The van der Waals surface area contributed by atoms with Gasteiger partial charge in [-0.25, -0.2) is 4.39 Å². The molecule has 0 bridgehead atoms. The molecule has 2 heterocycles. The summed E-state index contributed by atoms with van der Waals surface area (Å²) >= 11 is 1.24. The van der Waals surface area contributed by atoms with Crippen LogP contribution in [0.25, 0.3) is 32.5 Å². The number of thiophene rings is 1. The van der Waals surface area contributed by atoms with Crippen LogP contribution in [0.3, 0.4) is 0 Å². The van der Waals surface area contributed by atoms with Crippen molar-refractivity contribution >= 4 is 21.6 Å². The molecule has 0 fully saturated rings. The van der Waals surface area contributed by atoms with Crippen molar-refractivity contribution in [2.45, 2.75) is 6.92 Å². The third-order valence-electron chi connectivity index (χ3n) is 4.31. The predicted molar refractivity (Wildman–Crippen MR) is 101 cm³/mol. The number of aryl methyl sites for hydroxylation is 1. The molecule has 0 radical (unpaired) electrons. The van der Waals surface area contributed by atoms with Crippen LogP contribution >= 0.6 is 11.3 Å². The van der Waals surface area contributed by atoms with Gasteiger partial charge in [-0.2, -0.15) is 0 Å². The molecule has 0 spiro atoms. The fourth-order valence-corrected chi connectivity index (χ4v) is 3.96. The Hall–Kier alpha value is -3.12. The molecule has 0 aliphatic rings. The minimum Gasteiger partial charge on any atom is -0.507 e. The summed E-state index contributed by atoms with van der Waals surface area (Å²) in [4.78, 5) is 15.8. The number of aromatic hydroxyl groups is 2. The number of aromatic amines is 1. The maximum atomic E-state index is 13.3. The zero-order chi connectivity index (χ0) is 18.4. The molecule has 26 heavy (non-hydrogen) atoms. The van der Waals surface area contributed by atoms with E-state index in [1.54, 1.807) is 17.5 Å². The van der Waals surface area contributed by atoms with Crippen molar-refractivity contribution in [3.05, 3.63) is 69.6 Å². The lowest BCUT2D eigenvalue weighted by Gasteiger charge is -2.09. The Labute approximate surface area is 151 Å². The van der Waals surface area contributed by atoms with Crippen LogP contribution in [-0.2, 0) is 0 Å². The molecule has 0 saturated carbocycles. The van der Waals surface area contributed by atoms with Crippen LogP contribution in [0.4, 0.5) is 4.39 Å². The van der Waals surface area contributed by atoms with E-state index in [0.29, 0.717) is 26.9 Å². The Bertz CT molecular complexity index is 1190. The maximum absolute atomic E-state index is 13.3. The summed E-state index contributed by atoms with van der Waals surface area (Å²) in [5.41, 5.74) is 2.32. The van der Waals surface area contributed by atoms with E-state index in [2.05, 4.69) is 4.98 Å². The number of aromatic nitrogens is 1. The van der Waals surface area contributed by atoms with Crippen LogP contribution < -0.4 is 5.56 Å². The number of phenols is 1. The van der Waals surface area contributed by atoms with E-state index >= 15 is 0 Å². The summed E-state index contributed by atoms with van der Waals surface area (Å²) < 4.78 is 13.3. The fourth-order valence-electron chi connectivity index (χ4n) is 3.00. The summed E-state index contributed by atoms with van der Waals surface area (Å²) in [5, 5.41) is 23.1. The molecule has 0 atom stereocenters. The minimum absolute atomic E-state index is 0.160. The van der Waals surface area contributed by atoms with Gasteiger partial charge in [0.25, 0.3) is 5.56 Å². The molecule has 130 valence electrons. The molecular formula is C20H14FNO3S. The molecule has 0 unspecified atom stereocenters. The number of pyridine rings is 1. The van der Waals surface area contributed by atoms with Gasteiger partial charge in [-0.3, -0.25) is 4.79 Å². The van der Waals surface area contributed by atoms with Gasteiger partial charge in [0.15, 0.2) is 0 Å². The molecule has 0 aliphatic heterocycles. The van der Waals surface area contributed by atoms with Gasteiger partial charge in [-0.05, 0) is 24.6 Å². The van der Waals surface area contributed by atoms with E-state index in [-0.39, 0.29) is 17.1 Å². The lowest BCUT2D eigenvalue weighted by atomic mass is 9.99. The average molecular weight is 367 g/mol. The fraction of sp³-hybridized carbons (Fsp3) is 0.0500. The van der Waals surface area contributed by atoms with E-state index in [0.717, 1.165) is 11.6 Å². The molecule has 3 N–H and O–H groups in total. The summed E-state index contributed by atoms with van der Waals surface area (Å²) in [5.74, 6) is -0.941. The third-order valence-corrected chi connectivity index (χ3v) is 5.20. The van der Waals surface area contributed by atoms with Crippen molar-refractivity contribution in [1.82, 2.24) is 4.98 Å². The molecule has 0 amide bonds. The van der Waals surface area contributed by atoms with Crippen LogP contribution in [-0.4, -0.2) is 15.2 Å². The van der Waals surface area contributed by atoms with E-state index in [4.69, 9.17) is 0 Å². The quantitative estimate of drug-likeness (QED) is 0.477. The highest BCUT2D eigenvalue weighted by Gasteiger charge is 2.20. The van der Waals surface area contributed by atoms with Gasteiger partial charge in [0.2, 0.25) is 0 Å². The summed E-state index contributed by atoms with van der Waals surface area (Å²) in [7, 11) is 0. The van der Waals surface area contributed by atoms with Crippen molar-refractivity contribution in [2.24, 2.45) is 0 Å². The van der Waals surface area contributed by atoms with Crippen molar-refractivity contribution in [1.29, 1.82) is 0 Å². The summed E-state index contributed by atoms with van der Waals surface area (Å²) in [6.07, 6.45) is 0. The first-order chi connectivity index (χ1) is 12.5. The zero-order valence-corrected chi connectivity index (χ0v) is 14.5. The molecule has 0 aliphatic carbocycles. The maximum Gasteiger partial charge on any atom is 0.260 e. The second-order valence-corrected chi connectivity index (χ2v) is 6.94. The first-order valence-corrected chi connectivity index (χ1v) is 8.76. The Balaban J connectivity index is 2.02. The van der Waals surface area contributed by atoms with E-state index < -0.39 is 11.4 Å². The van der Waals surface area contributed by atoms with E-state index in [9.17, 15) is 19.4 Å². The highest BCUT2D eigenvalue weighted by molar-refractivity contribution is 7.17. The van der Waals surface area contributed by atoms with Crippen LogP contribution in [0.1, 0.15) is 5.56 Å². The van der Waals surface area contributed by atoms with E-state index in [1.165, 1.54) is 23.5 Å². The number of benzene rings is 2. The normalized spacial score (nSPS) is 11.2. The van der Waals surface area contributed by atoms with Gasteiger partial charge in [-0.15, -0.1) is 11.3 Å². The monoisotopic (exact) mass is 367 g/mol. The van der Waals surface area contributed by atoms with Gasteiger partial charge in [-0.1, -0.05) is 29.8 Å². The average Bonchev–Trinajstić information content (AvgIpc) is 3.00. The first kappa shape index (κ1) is 16.4. The lowest BCUT2D eigenvalue weighted by Crippen LogP contribution is -2.08. The second kappa shape index (κ2) is 6.00. The molecule has 0 saturated heterocycles. The topological polar surface area (TPSA) is 73.3 Å². The van der Waals surface area contributed by atoms with Crippen molar-refractivity contribution in [3.8, 4) is 33.8 Å². The van der Waals surface area contributed by atoms with Crippen LogP contribution in [0, 0.1) is 12.7 Å². The van der Waals surface area contributed by atoms with Crippen molar-refractivity contribution < 1.29 is 14.6 Å².